The topological polar surface area (TPSA) is 103 Å². The quantitative estimate of drug-likeness (QED) is 0.317. The van der Waals surface area contributed by atoms with E-state index >= 15 is 0 Å². The van der Waals surface area contributed by atoms with Gasteiger partial charge >= 0.3 is 0 Å². The van der Waals surface area contributed by atoms with Gasteiger partial charge in [0.25, 0.3) is 5.91 Å². The van der Waals surface area contributed by atoms with Gasteiger partial charge in [-0.1, -0.05) is 53.1 Å². The Balaban J connectivity index is 1.51. The average Bonchev–Trinajstić information content (AvgIpc) is 3.36. The van der Waals surface area contributed by atoms with Crippen LogP contribution in [0.4, 0.5) is 11.6 Å². The minimum atomic E-state index is -0.605. The molecule has 1 atom stereocenters. The highest BCUT2D eigenvalue weighted by atomic mass is 79.9. The normalized spacial score (nSPS) is 14.5. The van der Waals surface area contributed by atoms with Crippen molar-refractivity contribution in [2.75, 3.05) is 17.7 Å². The Morgan fingerprint density at radius 3 is 2.59 bits per heavy atom. The molecule has 5 rings (SSSR count). The summed E-state index contributed by atoms with van der Waals surface area (Å²) < 4.78 is 14.1. The molecule has 0 aliphatic carbocycles. The highest BCUT2D eigenvalue weighted by Crippen LogP contribution is 2.43. The van der Waals surface area contributed by atoms with Gasteiger partial charge in [-0.2, -0.15) is 4.68 Å². The maximum absolute atomic E-state index is 13.5. The molecule has 10 heteroatoms. The molecule has 1 amide bonds. The van der Waals surface area contributed by atoms with Gasteiger partial charge in [-0.15, -0.1) is 0 Å². The second kappa shape index (κ2) is 10.4. The molecule has 2 heterocycles. The number of allylic oxidation sites excluding steroid dienone is 1. The number of aryl methyl sites for hydroxylation is 1. The van der Waals surface area contributed by atoms with E-state index in [0.29, 0.717) is 45.5 Å². The molecule has 0 bridgehead atoms. The predicted octanol–water partition coefficient (Wildman–Crippen LogP) is 5.26. The molecule has 1 aliphatic rings. The third kappa shape index (κ3) is 5.05. The van der Waals surface area contributed by atoms with Crippen LogP contribution in [-0.4, -0.2) is 33.2 Å². The zero-order valence-corrected chi connectivity index (χ0v) is 22.1. The van der Waals surface area contributed by atoms with Crippen LogP contribution in [0.25, 0.3) is 0 Å². The third-order valence-corrected chi connectivity index (χ3v) is 6.65. The van der Waals surface area contributed by atoms with E-state index in [2.05, 4.69) is 42.1 Å². The predicted molar refractivity (Wildman–Crippen MR) is 144 cm³/mol. The number of carbonyl (C=O) groups is 1. The molecule has 0 fully saturated rings. The van der Waals surface area contributed by atoms with Crippen LogP contribution in [0.5, 0.6) is 11.5 Å². The first-order valence-electron chi connectivity index (χ1n) is 11.6. The second-order valence-corrected chi connectivity index (χ2v) is 9.50. The number of nitrogens with zero attached hydrogens (tertiary/aromatic N) is 4. The maximum atomic E-state index is 13.5. The van der Waals surface area contributed by atoms with Crippen molar-refractivity contribution in [1.82, 2.24) is 20.2 Å². The summed E-state index contributed by atoms with van der Waals surface area (Å²) in [5.41, 5.74) is 4.79. The molecule has 0 saturated carbocycles. The Morgan fingerprint density at radius 1 is 1.11 bits per heavy atom. The third-order valence-electron chi connectivity index (χ3n) is 6.06. The number of fused-ring (bicyclic) bond motifs is 1. The van der Waals surface area contributed by atoms with Crippen molar-refractivity contribution in [3.05, 3.63) is 99.2 Å². The summed E-state index contributed by atoms with van der Waals surface area (Å²) in [4.78, 5) is 13.5. The Bertz CT molecular complexity index is 1470. The molecule has 0 spiro atoms. The number of benzene rings is 3. The number of hydrogen-bond donors (Lipinski definition) is 2. The maximum Gasteiger partial charge on any atom is 0.255 e. The zero-order valence-electron chi connectivity index (χ0n) is 20.5. The largest absolute Gasteiger partial charge is 0.493 e. The summed E-state index contributed by atoms with van der Waals surface area (Å²) in [6, 6.07) is 20.6. The molecule has 4 aromatic rings. The van der Waals surface area contributed by atoms with Gasteiger partial charge in [-0.3, -0.25) is 4.79 Å². The van der Waals surface area contributed by atoms with Crippen molar-refractivity contribution in [3.8, 4) is 11.5 Å². The van der Waals surface area contributed by atoms with Gasteiger partial charge in [0.05, 0.1) is 17.2 Å². The Labute approximate surface area is 222 Å². The lowest BCUT2D eigenvalue weighted by Crippen LogP contribution is -2.31. The van der Waals surface area contributed by atoms with Crippen LogP contribution in [0.15, 0.2) is 82.5 Å². The number of ether oxygens (including phenoxy) is 2. The van der Waals surface area contributed by atoms with Crippen LogP contribution in [-0.2, 0) is 11.4 Å². The van der Waals surface area contributed by atoms with Gasteiger partial charge in [0.1, 0.15) is 12.6 Å². The average molecular weight is 561 g/mol. The molecular weight excluding hydrogens is 536 g/mol. The molecule has 9 nitrogen and oxygen atoms in total. The standard InChI is InChI=1S/C27H25BrN6O3/c1-16-9-11-18(12-10-16)15-37-25-21(28)13-19(14-22(25)36-3)24-23(17(2)29-27-31-32-33-34(24)27)26(35)30-20-7-5-4-6-8-20/h4-14,24H,15H2,1-3H3,(H,30,35)(H,29,31,33). The Hall–Kier alpha value is -4.18. The molecule has 37 heavy (non-hydrogen) atoms. The highest BCUT2D eigenvalue weighted by Gasteiger charge is 2.35. The van der Waals surface area contributed by atoms with E-state index < -0.39 is 6.04 Å². The lowest BCUT2D eigenvalue weighted by molar-refractivity contribution is -0.113. The summed E-state index contributed by atoms with van der Waals surface area (Å²) in [6.45, 7) is 4.25. The molecule has 2 N–H and O–H groups in total. The van der Waals surface area contributed by atoms with Crippen molar-refractivity contribution >= 4 is 33.5 Å². The first-order valence-corrected chi connectivity index (χ1v) is 12.4. The number of para-hydroxylation sites is 1. The van der Waals surface area contributed by atoms with E-state index in [1.807, 2.05) is 80.6 Å². The minimum Gasteiger partial charge on any atom is -0.493 e. The van der Waals surface area contributed by atoms with Gasteiger partial charge in [0.2, 0.25) is 5.95 Å². The molecule has 1 unspecified atom stereocenters. The summed E-state index contributed by atoms with van der Waals surface area (Å²) in [6.07, 6.45) is 0. The van der Waals surface area contributed by atoms with Gasteiger partial charge in [-0.25, -0.2) is 0 Å². The van der Waals surface area contributed by atoms with Gasteiger partial charge in [-0.05, 0) is 75.6 Å². The van der Waals surface area contributed by atoms with E-state index in [1.165, 1.54) is 5.56 Å². The SMILES string of the molecule is COc1cc(C2C(C(=O)Nc3ccccc3)=C(C)Nc3nnnn32)cc(Br)c1OCc1ccc(C)cc1. The lowest BCUT2D eigenvalue weighted by atomic mass is 9.94. The number of rotatable bonds is 7. The fourth-order valence-electron chi connectivity index (χ4n) is 4.21. The summed E-state index contributed by atoms with van der Waals surface area (Å²) in [5, 5.41) is 18.2. The Morgan fingerprint density at radius 2 is 1.86 bits per heavy atom. The minimum absolute atomic E-state index is 0.267. The second-order valence-electron chi connectivity index (χ2n) is 8.64. The molecule has 1 aliphatic heterocycles. The van der Waals surface area contributed by atoms with Crippen molar-refractivity contribution in [1.29, 1.82) is 0 Å². The molecular formula is C27H25BrN6O3. The summed E-state index contributed by atoms with van der Waals surface area (Å²) >= 11 is 3.65. The molecule has 1 aromatic heterocycles. The molecule has 3 aromatic carbocycles. The number of aromatic nitrogens is 4. The van der Waals surface area contributed by atoms with Crippen LogP contribution in [0.2, 0.25) is 0 Å². The van der Waals surface area contributed by atoms with Gasteiger partial charge < -0.3 is 20.1 Å². The monoisotopic (exact) mass is 560 g/mol. The molecule has 0 saturated heterocycles. The summed E-state index contributed by atoms with van der Waals surface area (Å²) in [7, 11) is 1.58. The number of tetrazole rings is 1. The molecule has 188 valence electrons. The van der Waals surface area contributed by atoms with Crippen molar-refractivity contribution < 1.29 is 14.3 Å². The van der Waals surface area contributed by atoms with Gasteiger partial charge in [0, 0.05) is 11.4 Å². The summed E-state index contributed by atoms with van der Waals surface area (Å²) in [5.74, 6) is 1.25. The first-order chi connectivity index (χ1) is 17.9. The van der Waals surface area contributed by atoms with Crippen LogP contribution in [0.1, 0.15) is 29.7 Å². The van der Waals surface area contributed by atoms with Crippen molar-refractivity contribution in [2.45, 2.75) is 26.5 Å². The van der Waals surface area contributed by atoms with E-state index in [4.69, 9.17) is 9.47 Å². The van der Waals surface area contributed by atoms with E-state index in [9.17, 15) is 4.79 Å². The number of methoxy groups -OCH3 is 1. The van der Waals surface area contributed by atoms with Crippen molar-refractivity contribution in [3.63, 3.8) is 0 Å². The number of carbonyl (C=O) groups excluding carboxylic acids is 1. The van der Waals surface area contributed by atoms with Crippen LogP contribution in [0.3, 0.4) is 0 Å². The number of anilines is 2. The Kier molecular flexibility index (Phi) is 6.91. The number of amides is 1. The number of nitrogens with one attached hydrogen (secondary N) is 2. The lowest BCUT2D eigenvalue weighted by Gasteiger charge is -2.28. The smallest absolute Gasteiger partial charge is 0.255 e. The van der Waals surface area contributed by atoms with E-state index in [-0.39, 0.29) is 5.91 Å². The van der Waals surface area contributed by atoms with Gasteiger partial charge in [0.15, 0.2) is 11.5 Å². The van der Waals surface area contributed by atoms with Crippen LogP contribution >= 0.6 is 15.9 Å². The van der Waals surface area contributed by atoms with E-state index in [1.54, 1.807) is 11.8 Å². The van der Waals surface area contributed by atoms with E-state index in [0.717, 1.165) is 11.1 Å². The van der Waals surface area contributed by atoms with Crippen LogP contribution in [0, 0.1) is 6.92 Å². The first kappa shape index (κ1) is 24.5. The zero-order chi connectivity index (χ0) is 25.9. The molecule has 0 radical (unpaired) electrons. The fourth-order valence-corrected chi connectivity index (χ4v) is 4.79. The van der Waals surface area contributed by atoms with Crippen LogP contribution < -0.4 is 20.1 Å². The number of halogens is 1. The highest BCUT2D eigenvalue weighted by molar-refractivity contribution is 9.10. The van der Waals surface area contributed by atoms with Crippen molar-refractivity contribution in [2.24, 2.45) is 0 Å². The number of hydrogen-bond acceptors (Lipinski definition) is 7. The fraction of sp³-hybridized carbons (Fsp3) is 0.185.